The number of carbonyl (C=O) groups is 1. The first-order chi connectivity index (χ1) is 13.6. The summed E-state index contributed by atoms with van der Waals surface area (Å²) in [6.45, 7) is 8.46. The van der Waals surface area contributed by atoms with Crippen molar-refractivity contribution in [3.05, 3.63) is 30.0 Å². The molecule has 0 bridgehead atoms. The lowest BCUT2D eigenvalue weighted by atomic mass is 10.2. The van der Waals surface area contributed by atoms with E-state index in [0.717, 1.165) is 21.4 Å². The van der Waals surface area contributed by atoms with Crippen molar-refractivity contribution in [3.8, 4) is 5.75 Å². The number of amides is 2. The van der Waals surface area contributed by atoms with E-state index in [1.807, 2.05) is 20.8 Å². The van der Waals surface area contributed by atoms with Crippen LogP contribution in [-0.4, -0.2) is 51.0 Å². The van der Waals surface area contributed by atoms with Gasteiger partial charge in [-0.1, -0.05) is 25.2 Å². The largest absolute Gasteiger partial charge is 0.494 e. The molecule has 2 amide bonds. The van der Waals surface area contributed by atoms with Crippen molar-refractivity contribution in [2.24, 2.45) is 5.92 Å². The lowest BCUT2D eigenvalue weighted by Crippen LogP contribution is -2.37. The Balaban J connectivity index is 0.00000450. The molecule has 0 aliphatic carbocycles. The lowest BCUT2D eigenvalue weighted by molar-refractivity contribution is 0.256. The van der Waals surface area contributed by atoms with Crippen LogP contribution in [-0.2, 0) is 10.0 Å². The monoisotopic (exact) mass is 442 g/mol. The first-order valence-corrected chi connectivity index (χ1v) is 11.5. The third-order valence-corrected chi connectivity index (χ3v) is 7.48. The summed E-state index contributed by atoms with van der Waals surface area (Å²) < 4.78 is 31.7. The van der Waals surface area contributed by atoms with Crippen molar-refractivity contribution in [1.82, 2.24) is 9.29 Å². The fourth-order valence-corrected chi connectivity index (χ4v) is 5.15. The molecule has 162 valence electrons. The number of benzene rings is 1. The zero-order chi connectivity index (χ0) is 21.8. The topological polar surface area (TPSA) is 91.8 Å². The summed E-state index contributed by atoms with van der Waals surface area (Å²) >= 11 is 0.997. The molecule has 1 heterocycles. The molecule has 0 aliphatic rings. The summed E-state index contributed by atoms with van der Waals surface area (Å²) in [6.07, 6.45) is 0. The Morgan fingerprint density at radius 3 is 2.41 bits per heavy atom. The summed E-state index contributed by atoms with van der Waals surface area (Å²) in [4.78, 5) is 18.8. The van der Waals surface area contributed by atoms with Gasteiger partial charge in [-0.25, -0.2) is 22.5 Å². The van der Waals surface area contributed by atoms with Gasteiger partial charge >= 0.3 is 6.03 Å². The molecule has 0 radical (unpaired) electrons. The molecular formula is C19H30N4O4S2. The van der Waals surface area contributed by atoms with Crippen LogP contribution >= 0.6 is 11.3 Å². The summed E-state index contributed by atoms with van der Waals surface area (Å²) in [5.41, 5.74) is 0.989. The second-order valence-corrected chi connectivity index (χ2v) is 10.4. The predicted octanol–water partition coefficient (Wildman–Crippen LogP) is 4.04. The molecule has 29 heavy (non-hydrogen) atoms. The molecule has 0 fully saturated rings. The van der Waals surface area contributed by atoms with Gasteiger partial charge in [-0.3, -0.25) is 4.90 Å². The summed E-state index contributed by atoms with van der Waals surface area (Å²) in [7, 11) is -0.685. The van der Waals surface area contributed by atoms with Gasteiger partial charge in [0.2, 0.25) is 0 Å². The smallest absolute Gasteiger partial charge is 0.328 e. The predicted molar refractivity (Wildman–Crippen MR) is 119 cm³/mol. The van der Waals surface area contributed by atoms with Crippen molar-refractivity contribution in [2.75, 3.05) is 37.5 Å². The van der Waals surface area contributed by atoms with E-state index < -0.39 is 10.0 Å². The van der Waals surface area contributed by atoms with Gasteiger partial charge in [0.15, 0.2) is 9.34 Å². The van der Waals surface area contributed by atoms with E-state index in [-0.39, 0.29) is 17.6 Å². The zero-order valence-corrected chi connectivity index (χ0v) is 19.2. The normalized spacial score (nSPS) is 11.7. The average Bonchev–Trinajstić information content (AvgIpc) is 3.03. The molecular weight excluding hydrogens is 412 g/mol. The van der Waals surface area contributed by atoms with Gasteiger partial charge in [0.05, 0.1) is 12.3 Å². The zero-order valence-electron chi connectivity index (χ0n) is 17.6. The minimum absolute atomic E-state index is 0. The molecule has 1 aromatic carbocycles. The first-order valence-electron chi connectivity index (χ1n) is 9.27. The van der Waals surface area contributed by atoms with Crippen LogP contribution < -0.4 is 15.0 Å². The number of rotatable bonds is 8. The lowest BCUT2D eigenvalue weighted by Gasteiger charge is -2.22. The van der Waals surface area contributed by atoms with Gasteiger partial charge in [-0.15, -0.1) is 0 Å². The Morgan fingerprint density at radius 1 is 1.28 bits per heavy atom. The number of aryl methyl sites for hydroxylation is 1. The highest BCUT2D eigenvalue weighted by atomic mass is 32.2. The van der Waals surface area contributed by atoms with Crippen LogP contribution in [0, 0.1) is 12.8 Å². The van der Waals surface area contributed by atoms with E-state index in [1.54, 1.807) is 31.2 Å². The highest BCUT2D eigenvalue weighted by Gasteiger charge is 2.28. The van der Waals surface area contributed by atoms with Crippen LogP contribution in [0.15, 0.2) is 28.5 Å². The maximum absolute atomic E-state index is 13.0. The molecule has 0 spiro atoms. The van der Waals surface area contributed by atoms with E-state index in [4.69, 9.17) is 4.74 Å². The Morgan fingerprint density at radius 2 is 1.90 bits per heavy atom. The molecule has 8 nitrogen and oxygen atoms in total. The molecule has 0 aliphatic heterocycles. The van der Waals surface area contributed by atoms with Crippen molar-refractivity contribution in [2.45, 2.75) is 31.9 Å². The molecule has 0 atom stereocenters. The minimum atomic E-state index is -3.63. The molecule has 0 saturated heterocycles. The second kappa shape index (κ2) is 9.55. The van der Waals surface area contributed by atoms with Crippen molar-refractivity contribution in [1.29, 1.82) is 0 Å². The van der Waals surface area contributed by atoms with Crippen LogP contribution in [0.3, 0.4) is 0 Å². The number of nitrogens with zero attached hydrogens (tertiary/aromatic N) is 3. The number of aromatic nitrogens is 1. The summed E-state index contributed by atoms with van der Waals surface area (Å²) in [5.74, 6) is 0.887. The van der Waals surface area contributed by atoms with Crippen LogP contribution in [0.2, 0.25) is 0 Å². The van der Waals surface area contributed by atoms with Gasteiger partial charge in [0.1, 0.15) is 5.75 Å². The maximum atomic E-state index is 13.0. The van der Waals surface area contributed by atoms with Crippen LogP contribution in [0.5, 0.6) is 5.75 Å². The Kier molecular flexibility index (Phi) is 7.61. The molecule has 0 saturated carbocycles. The molecule has 0 unspecified atom stereocenters. The van der Waals surface area contributed by atoms with E-state index in [9.17, 15) is 13.2 Å². The van der Waals surface area contributed by atoms with E-state index in [0.29, 0.717) is 29.7 Å². The van der Waals surface area contributed by atoms with Crippen LogP contribution in [0.4, 0.5) is 15.6 Å². The van der Waals surface area contributed by atoms with E-state index in [1.165, 1.54) is 19.0 Å². The quantitative estimate of drug-likeness (QED) is 0.666. The number of anilines is 2. The van der Waals surface area contributed by atoms with E-state index >= 15 is 0 Å². The SMILES string of the molecule is CCOc1ccc(NC(=O)N(CC(C)C)c2nc(C)c(S(=O)(=O)N(C)C)s2)cc1.[HH]. The Labute approximate surface area is 178 Å². The third-order valence-electron chi connectivity index (χ3n) is 3.90. The number of sulfonamides is 1. The third kappa shape index (κ3) is 5.68. The fourth-order valence-electron chi connectivity index (χ4n) is 2.49. The van der Waals surface area contributed by atoms with Crippen LogP contribution in [0.1, 0.15) is 27.9 Å². The van der Waals surface area contributed by atoms with Gasteiger partial charge in [-0.05, 0) is 44.0 Å². The number of nitrogens with one attached hydrogen (secondary N) is 1. The van der Waals surface area contributed by atoms with Gasteiger partial charge in [-0.2, -0.15) is 0 Å². The van der Waals surface area contributed by atoms with Gasteiger partial charge in [0.25, 0.3) is 10.0 Å². The number of ether oxygens (including phenoxy) is 1. The number of hydrogen-bond donors (Lipinski definition) is 1. The molecule has 10 heteroatoms. The molecule has 1 N–H and O–H groups in total. The Bertz CT molecular complexity index is 944. The fraction of sp³-hybridized carbons (Fsp3) is 0.474. The highest BCUT2D eigenvalue weighted by Crippen LogP contribution is 2.32. The molecule has 2 rings (SSSR count). The van der Waals surface area contributed by atoms with Crippen molar-refractivity contribution < 1.29 is 19.4 Å². The van der Waals surface area contributed by atoms with E-state index in [2.05, 4.69) is 10.3 Å². The number of hydrogen-bond acceptors (Lipinski definition) is 6. The molecule has 2 aromatic rings. The number of carbonyl (C=O) groups excluding carboxylic acids is 1. The molecule has 1 aromatic heterocycles. The first kappa shape index (κ1) is 23.1. The standard InChI is InChI=1S/C19H28N4O4S2.H2/c1-7-27-16-10-8-15(9-11-16)21-18(24)23(12-13(2)3)19-20-14(4)17(28-19)29(25,26)22(5)6;/h8-11,13H,7,12H2,1-6H3,(H,21,24);1H. The maximum Gasteiger partial charge on any atom is 0.328 e. The number of thiazole rings is 1. The Hall–Kier alpha value is -2.17. The number of urea groups is 1. The highest BCUT2D eigenvalue weighted by molar-refractivity contribution is 7.91. The van der Waals surface area contributed by atoms with Crippen molar-refractivity contribution in [3.63, 3.8) is 0 Å². The summed E-state index contributed by atoms with van der Waals surface area (Å²) in [5, 5.41) is 3.19. The van der Waals surface area contributed by atoms with Gasteiger partial charge in [0, 0.05) is 27.8 Å². The van der Waals surface area contributed by atoms with Gasteiger partial charge < -0.3 is 10.1 Å². The van der Waals surface area contributed by atoms with Crippen LogP contribution in [0.25, 0.3) is 0 Å². The average molecular weight is 443 g/mol. The van der Waals surface area contributed by atoms with Crippen molar-refractivity contribution >= 4 is 38.2 Å². The minimum Gasteiger partial charge on any atom is -0.494 e. The second-order valence-electron chi connectivity index (χ2n) is 7.05. The summed E-state index contributed by atoms with van der Waals surface area (Å²) in [6, 6.07) is 6.70.